The predicted octanol–water partition coefficient (Wildman–Crippen LogP) is 0.456. The lowest BCUT2D eigenvalue weighted by molar-refractivity contribution is 0.0973. The lowest BCUT2D eigenvalue weighted by Gasteiger charge is -2.06. The zero-order valence-corrected chi connectivity index (χ0v) is 12.5. The first kappa shape index (κ1) is 14.9. The van der Waals surface area contributed by atoms with E-state index in [4.69, 9.17) is 0 Å². The fourth-order valence-corrected chi connectivity index (χ4v) is 2.40. The van der Waals surface area contributed by atoms with Crippen LogP contribution in [-0.4, -0.2) is 24.5 Å². The Hall–Kier alpha value is -3.03. The molecule has 2 heterocycles. The molecule has 3 rings (SSSR count). The van der Waals surface area contributed by atoms with Crippen LogP contribution in [0.25, 0.3) is 11.2 Å². The number of hydrogen-bond acceptors (Lipinski definition) is 4. The quantitative estimate of drug-likeness (QED) is 0.658. The molecule has 0 amide bonds. The Kier molecular flexibility index (Phi) is 3.44. The Balaban J connectivity index is 2.08. The van der Waals surface area contributed by atoms with Gasteiger partial charge >= 0.3 is 5.69 Å². The molecule has 23 heavy (non-hydrogen) atoms. The maximum Gasteiger partial charge on any atom is 0.332 e. The van der Waals surface area contributed by atoms with E-state index in [1.807, 2.05) is 0 Å². The minimum atomic E-state index is -0.521. The first-order chi connectivity index (χ1) is 10.9. The van der Waals surface area contributed by atoms with Gasteiger partial charge in [-0.25, -0.2) is 14.2 Å². The van der Waals surface area contributed by atoms with Gasteiger partial charge in [0.25, 0.3) is 5.56 Å². The number of nitrogens with zero attached hydrogens (tertiary/aromatic N) is 4. The van der Waals surface area contributed by atoms with E-state index in [-0.39, 0.29) is 23.5 Å². The van der Waals surface area contributed by atoms with Gasteiger partial charge in [0.05, 0.1) is 12.9 Å². The van der Waals surface area contributed by atoms with E-state index in [1.54, 1.807) is 0 Å². The third-order valence-corrected chi connectivity index (χ3v) is 3.70. The van der Waals surface area contributed by atoms with Crippen molar-refractivity contribution in [3.8, 4) is 0 Å². The normalized spacial score (nSPS) is 11.1. The van der Waals surface area contributed by atoms with Gasteiger partial charge in [-0.05, 0) is 24.3 Å². The highest BCUT2D eigenvalue weighted by atomic mass is 19.1. The van der Waals surface area contributed by atoms with E-state index < -0.39 is 17.1 Å². The summed E-state index contributed by atoms with van der Waals surface area (Å²) < 4.78 is 16.5. The highest BCUT2D eigenvalue weighted by molar-refractivity contribution is 5.96. The molecule has 0 atom stereocenters. The maximum absolute atomic E-state index is 12.9. The molecule has 0 unspecified atom stereocenters. The monoisotopic (exact) mass is 316 g/mol. The third kappa shape index (κ3) is 2.37. The molecule has 0 aliphatic heterocycles. The van der Waals surface area contributed by atoms with Crippen LogP contribution in [0.5, 0.6) is 0 Å². The van der Waals surface area contributed by atoms with Crippen LogP contribution in [0.2, 0.25) is 0 Å². The number of fused-ring (bicyclic) bond motifs is 1. The van der Waals surface area contributed by atoms with Gasteiger partial charge in [-0.15, -0.1) is 0 Å². The van der Waals surface area contributed by atoms with Crippen molar-refractivity contribution in [2.24, 2.45) is 14.1 Å². The zero-order chi connectivity index (χ0) is 16.7. The Labute approximate surface area is 129 Å². The summed E-state index contributed by atoms with van der Waals surface area (Å²) in [5, 5.41) is 0. The van der Waals surface area contributed by atoms with E-state index >= 15 is 0 Å². The topological polar surface area (TPSA) is 78.9 Å². The molecule has 0 aliphatic rings. The minimum Gasteiger partial charge on any atom is -0.317 e. The van der Waals surface area contributed by atoms with Crippen molar-refractivity contribution < 1.29 is 9.18 Å². The van der Waals surface area contributed by atoms with Gasteiger partial charge in [-0.3, -0.25) is 18.7 Å². The van der Waals surface area contributed by atoms with Crippen LogP contribution in [0, 0.1) is 5.82 Å². The third-order valence-electron chi connectivity index (χ3n) is 3.70. The van der Waals surface area contributed by atoms with Gasteiger partial charge in [0.1, 0.15) is 5.82 Å². The Morgan fingerprint density at radius 2 is 1.78 bits per heavy atom. The van der Waals surface area contributed by atoms with Crippen molar-refractivity contribution in [3.63, 3.8) is 0 Å². The van der Waals surface area contributed by atoms with Crippen molar-refractivity contribution in [3.05, 3.63) is 62.8 Å². The van der Waals surface area contributed by atoms with E-state index in [2.05, 4.69) is 4.98 Å². The molecular weight excluding hydrogens is 303 g/mol. The summed E-state index contributed by atoms with van der Waals surface area (Å²) in [7, 11) is 2.87. The average molecular weight is 316 g/mol. The standard InChI is InChI=1S/C15H13FN4O3/c1-18-13-12(14(22)19(2)15(18)23)20(8-17-13)7-11(21)9-3-5-10(16)6-4-9/h3-6,8H,7H2,1-2H3. The molecule has 1 aromatic carbocycles. The lowest BCUT2D eigenvalue weighted by Crippen LogP contribution is -2.37. The van der Waals surface area contributed by atoms with Crippen LogP contribution in [0.3, 0.4) is 0 Å². The molecule has 3 aromatic rings. The number of benzene rings is 1. The molecule has 8 heteroatoms. The fraction of sp³-hybridized carbons (Fsp3) is 0.200. The lowest BCUT2D eigenvalue weighted by atomic mass is 10.1. The molecule has 2 aromatic heterocycles. The fourth-order valence-electron chi connectivity index (χ4n) is 2.40. The summed E-state index contributed by atoms with van der Waals surface area (Å²) in [5.74, 6) is -0.723. The molecule has 0 bridgehead atoms. The summed E-state index contributed by atoms with van der Waals surface area (Å²) >= 11 is 0. The molecule has 118 valence electrons. The van der Waals surface area contributed by atoms with Crippen LogP contribution >= 0.6 is 0 Å². The van der Waals surface area contributed by atoms with Crippen molar-refractivity contribution in [1.82, 2.24) is 18.7 Å². The largest absolute Gasteiger partial charge is 0.332 e. The second-order valence-corrected chi connectivity index (χ2v) is 5.18. The number of aryl methyl sites for hydroxylation is 1. The van der Waals surface area contributed by atoms with Crippen LogP contribution in [-0.2, 0) is 20.6 Å². The smallest absolute Gasteiger partial charge is 0.317 e. The van der Waals surface area contributed by atoms with E-state index in [9.17, 15) is 18.8 Å². The van der Waals surface area contributed by atoms with Gasteiger partial charge < -0.3 is 4.57 Å². The SMILES string of the molecule is Cn1c(=O)c2c(ncn2CC(=O)c2ccc(F)cc2)n(C)c1=O. The number of imidazole rings is 1. The number of carbonyl (C=O) groups excluding carboxylic acids is 1. The van der Waals surface area contributed by atoms with Crippen LogP contribution < -0.4 is 11.2 Å². The summed E-state index contributed by atoms with van der Waals surface area (Å²) in [5.41, 5.74) is -0.296. The molecule has 0 radical (unpaired) electrons. The molecule has 0 N–H and O–H groups in total. The predicted molar refractivity (Wildman–Crippen MR) is 80.9 cm³/mol. The molecule has 0 aliphatic carbocycles. The summed E-state index contributed by atoms with van der Waals surface area (Å²) in [4.78, 5) is 40.4. The van der Waals surface area contributed by atoms with Gasteiger partial charge in [0.2, 0.25) is 0 Å². The van der Waals surface area contributed by atoms with Gasteiger partial charge in [0.15, 0.2) is 16.9 Å². The second-order valence-electron chi connectivity index (χ2n) is 5.18. The Morgan fingerprint density at radius 1 is 1.13 bits per heavy atom. The first-order valence-electron chi connectivity index (χ1n) is 6.79. The van der Waals surface area contributed by atoms with Crippen LogP contribution in [0.4, 0.5) is 4.39 Å². The van der Waals surface area contributed by atoms with Crippen molar-refractivity contribution in [2.75, 3.05) is 0 Å². The number of ketones is 1. The van der Waals surface area contributed by atoms with Gasteiger partial charge in [0, 0.05) is 19.7 Å². The number of halogens is 1. The average Bonchev–Trinajstić information content (AvgIpc) is 2.95. The first-order valence-corrected chi connectivity index (χ1v) is 6.79. The molecule has 0 saturated heterocycles. The van der Waals surface area contributed by atoms with E-state index in [0.29, 0.717) is 5.56 Å². The minimum absolute atomic E-state index is 0.129. The summed E-state index contributed by atoms with van der Waals surface area (Å²) in [6.07, 6.45) is 1.34. The summed E-state index contributed by atoms with van der Waals surface area (Å²) in [6, 6.07) is 5.15. The highest BCUT2D eigenvalue weighted by Gasteiger charge is 2.16. The van der Waals surface area contributed by atoms with Gasteiger partial charge in [-0.2, -0.15) is 0 Å². The highest BCUT2D eigenvalue weighted by Crippen LogP contribution is 2.09. The molecular formula is C15H13FN4O3. The van der Waals surface area contributed by atoms with E-state index in [0.717, 1.165) is 4.57 Å². The molecule has 0 fully saturated rings. The Morgan fingerprint density at radius 3 is 2.43 bits per heavy atom. The van der Waals surface area contributed by atoms with E-state index in [1.165, 1.54) is 53.8 Å². The van der Waals surface area contributed by atoms with Gasteiger partial charge in [-0.1, -0.05) is 0 Å². The van der Waals surface area contributed by atoms with Crippen LogP contribution in [0.1, 0.15) is 10.4 Å². The summed E-state index contributed by atoms with van der Waals surface area (Å²) in [6.45, 7) is -0.129. The van der Waals surface area contributed by atoms with Crippen molar-refractivity contribution in [1.29, 1.82) is 0 Å². The number of hydrogen-bond donors (Lipinski definition) is 0. The molecule has 0 spiro atoms. The molecule has 7 nitrogen and oxygen atoms in total. The zero-order valence-electron chi connectivity index (χ0n) is 12.5. The van der Waals surface area contributed by atoms with Crippen molar-refractivity contribution in [2.45, 2.75) is 6.54 Å². The Bertz CT molecular complexity index is 1030. The molecule has 0 saturated carbocycles. The number of carbonyl (C=O) groups is 1. The van der Waals surface area contributed by atoms with Crippen molar-refractivity contribution >= 4 is 16.9 Å². The number of aromatic nitrogens is 4. The maximum atomic E-state index is 12.9. The second kappa shape index (κ2) is 5.31. The number of rotatable bonds is 3. The van der Waals surface area contributed by atoms with Crippen LogP contribution in [0.15, 0.2) is 40.2 Å². The number of Topliss-reactive ketones (excluding diaryl/α,β-unsaturated/α-hetero) is 1.